The molecule has 2 aromatic carbocycles. The number of hydrogen-bond donors (Lipinski definition) is 1. The molecule has 2 amide bonds. The second kappa shape index (κ2) is 6.65. The van der Waals surface area contributed by atoms with Crippen molar-refractivity contribution in [2.45, 2.75) is 26.3 Å². The van der Waals surface area contributed by atoms with Crippen LogP contribution in [0.4, 0.5) is 5.69 Å². The number of benzene rings is 2. The third-order valence-corrected chi connectivity index (χ3v) is 4.13. The van der Waals surface area contributed by atoms with Crippen LogP contribution in [0, 0.1) is 0 Å². The first-order chi connectivity index (χ1) is 11.2. The Labute approximate surface area is 136 Å². The summed E-state index contributed by atoms with van der Waals surface area (Å²) in [5, 5.41) is 2.88. The van der Waals surface area contributed by atoms with Crippen LogP contribution in [-0.2, 0) is 17.8 Å². The number of rotatable bonds is 3. The fourth-order valence-corrected chi connectivity index (χ4v) is 2.82. The number of carbonyl (C=O) groups excluding carboxylic acids is 2. The molecule has 0 radical (unpaired) electrons. The van der Waals surface area contributed by atoms with Crippen LogP contribution in [0.3, 0.4) is 0 Å². The molecule has 118 valence electrons. The van der Waals surface area contributed by atoms with Crippen LogP contribution in [0.1, 0.15) is 34.8 Å². The van der Waals surface area contributed by atoms with Gasteiger partial charge in [-0.25, -0.2) is 0 Å². The first kappa shape index (κ1) is 15.3. The van der Waals surface area contributed by atoms with E-state index in [4.69, 9.17) is 0 Å². The zero-order chi connectivity index (χ0) is 16.2. The smallest absolute Gasteiger partial charge is 0.254 e. The first-order valence-electron chi connectivity index (χ1n) is 7.93. The number of hydrogen-bond acceptors (Lipinski definition) is 2. The fourth-order valence-electron chi connectivity index (χ4n) is 2.82. The van der Waals surface area contributed by atoms with Gasteiger partial charge >= 0.3 is 0 Å². The number of amides is 2. The third kappa shape index (κ3) is 3.42. The van der Waals surface area contributed by atoms with E-state index in [1.165, 1.54) is 5.56 Å². The molecular weight excluding hydrogens is 288 g/mol. The Kier molecular flexibility index (Phi) is 4.42. The largest absolute Gasteiger partial charge is 0.334 e. The molecule has 0 saturated carbocycles. The van der Waals surface area contributed by atoms with Gasteiger partial charge in [0.2, 0.25) is 5.91 Å². The Morgan fingerprint density at radius 1 is 1.09 bits per heavy atom. The summed E-state index contributed by atoms with van der Waals surface area (Å²) in [6.45, 7) is 3.13. The highest BCUT2D eigenvalue weighted by Gasteiger charge is 2.21. The molecule has 0 bridgehead atoms. The van der Waals surface area contributed by atoms with Crippen molar-refractivity contribution in [2.24, 2.45) is 0 Å². The van der Waals surface area contributed by atoms with E-state index in [2.05, 4.69) is 5.32 Å². The van der Waals surface area contributed by atoms with Crippen LogP contribution in [-0.4, -0.2) is 23.3 Å². The summed E-state index contributed by atoms with van der Waals surface area (Å²) in [5.74, 6) is 0.0530. The van der Waals surface area contributed by atoms with Gasteiger partial charge in [-0.2, -0.15) is 0 Å². The first-order valence-corrected chi connectivity index (χ1v) is 7.93. The quantitative estimate of drug-likeness (QED) is 0.946. The lowest BCUT2D eigenvalue weighted by atomic mass is 9.98. The second-order valence-electron chi connectivity index (χ2n) is 5.73. The second-order valence-corrected chi connectivity index (χ2v) is 5.73. The number of carbonyl (C=O) groups is 2. The Hall–Kier alpha value is -2.62. The monoisotopic (exact) mass is 308 g/mol. The summed E-state index contributed by atoms with van der Waals surface area (Å²) < 4.78 is 0. The van der Waals surface area contributed by atoms with Crippen molar-refractivity contribution in [2.75, 3.05) is 11.9 Å². The number of anilines is 1. The van der Waals surface area contributed by atoms with Gasteiger partial charge in [0.15, 0.2) is 0 Å². The molecule has 1 aliphatic rings. The Bertz CT molecular complexity index is 725. The van der Waals surface area contributed by atoms with E-state index in [1.807, 2.05) is 60.4 Å². The summed E-state index contributed by atoms with van der Waals surface area (Å²) in [6.07, 6.45) is 1.30. The van der Waals surface area contributed by atoms with Crippen LogP contribution < -0.4 is 5.32 Å². The molecule has 0 aromatic heterocycles. The summed E-state index contributed by atoms with van der Waals surface area (Å²) in [5.41, 5.74) is 3.86. The summed E-state index contributed by atoms with van der Waals surface area (Å²) in [6, 6.07) is 15.3. The molecule has 0 spiro atoms. The molecule has 4 nitrogen and oxygen atoms in total. The van der Waals surface area contributed by atoms with Gasteiger partial charge in [0.1, 0.15) is 0 Å². The third-order valence-electron chi connectivity index (χ3n) is 4.13. The zero-order valence-corrected chi connectivity index (χ0v) is 13.2. The Morgan fingerprint density at radius 3 is 2.61 bits per heavy atom. The molecule has 0 fully saturated rings. The Balaban J connectivity index is 1.78. The fraction of sp³-hybridized carbons (Fsp3) is 0.263. The van der Waals surface area contributed by atoms with Gasteiger partial charge in [-0.05, 0) is 41.8 Å². The zero-order valence-electron chi connectivity index (χ0n) is 13.2. The number of nitrogens with one attached hydrogen (secondary N) is 1. The molecule has 1 aliphatic heterocycles. The lowest BCUT2D eigenvalue weighted by molar-refractivity contribution is -0.115. The summed E-state index contributed by atoms with van der Waals surface area (Å²) >= 11 is 0. The van der Waals surface area contributed by atoms with Gasteiger partial charge in [0.25, 0.3) is 5.91 Å². The van der Waals surface area contributed by atoms with Crippen LogP contribution in [0.5, 0.6) is 0 Å². The molecule has 1 N–H and O–H groups in total. The SMILES string of the molecule is CCC(=O)Nc1ccc2c(c1)CN(C(=O)c1ccccc1)CC2. The van der Waals surface area contributed by atoms with Gasteiger partial charge < -0.3 is 10.2 Å². The molecule has 2 aromatic rings. The molecule has 0 atom stereocenters. The van der Waals surface area contributed by atoms with Gasteiger partial charge in [-0.15, -0.1) is 0 Å². The van der Waals surface area contributed by atoms with E-state index in [0.29, 0.717) is 18.5 Å². The average molecular weight is 308 g/mol. The predicted molar refractivity (Wildman–Crippen MR) is 90.2 cm³/mol. The molecule has 23 heavy (non-hydrogen) atoms. The van der Waals surface area contributed by atoms with Gasteiger partial charge in [0.05, 0.1) is 0 Å². The maximum absolute atomic E-state index is 12.6. The highest BCUT2D eigenvalue weighted by molar-refractivity contribution is 5.94. The highest BCUT2D eigenvalue weighted by atomic mass is 16.2. The topological polar surface area (TPSA) is 49.4 Å². The molecule has 0 aliphatic carbocycles. The van der Waals surface area contributed by atoms with Crippen molar-refractivity contribution in [3.05, 3.63) is 65.2 Å². The Morgan fingerprint density at radius 2 is 1.87 bits per heavy atom. The van der Waals surface area contributed by atoms with Gasteiger partial charge in [-0.1, -0.05) is 31.2 Å². The molecule has 3 rings (SSSR count). The minimum Gasteiger partial charge on any atom is -0.334 e. The minimum atomic E-state index is -0.00187. The van der Waals surface area contributed by atoms with E-state index in [0.717, 1.165) is 24.2 Å². The molecule has 1 heterocycles. The number of fused-ring (bicyclic) bond motifs is 1. The molecule has 0 unspecified atom stereocenters. The van der Waals surface area contributed by atoms with Crippen molar-refractivity contribution in [1.29, 1.82) is 0 Å². The van der Waals surface area contributed by atoms with Gasteiger partial charge in [0, 0.05) is 30.8 Å². The molecular formula is C19H20N2O2. The van der Waals surface area contributed by atoms with Crippen LogP contribution in [0.25, 0.3) is 0 Å². The van der Waals surface area contributed by atoms with E-state index in [9.17, 15) is 9.59 Å². The van der Waals surface area contributed by atoms with Crippen LogP contribution in [0.15, 0.2) is 48.5 Å². The van der Waals surface area contributed by atoms with Crippen molar-refractivity contribution in [3.63, 3.8) is 0 Å². The standard InChI is InChI=1S/C19H20N2O2/c1-2-18(22)20-17-9-8-14-10-11-21(13-16(14)12-17)19(23)15-6-4-3-5-7-15/h3-9,12H,2,10-11,13H2,1H3,(H,20,22). The molecule has 0 saturated heterocycles. The van der Waals surface area contributed by atoms with E-state index in [1.54, 1.807) is 0 Å². The van der Waals surface area contributed by atoms with E-state index in [-0.39, 0.29) is 11.8 Å². The average Bonchev–Trinajstić information content (AvgIpc) is 2.61. The lowest BCUT2D eigenvalue weighted by Gasteiger charge is -2.29. The van der Waals surface area contributed by atoms with Gasteiger partial charge in [-0.3, -0.25) is 9.59 Å². The van der Waals surface area contributed by atoms with E-state index >= 15 is 0 Å². The van der Waals surface area contributed by atoms with Crippen LogP contribution >= 0.6 is 0 Å². The van der Waals surface area contributed by atoms with Crippen LogP contribution in [0.2, 0.25) is 0 Å². The minimum absolute atomic E-state index is 0.00187. The summed E-state index contributed by atoms with van der Waals surface area (Å²) in [4.78, 5) is 26.0. The maximum atomic E-state index is 12.6. The lowest BCUT2D eigenvalue weighted by Crippen LogP contribution is -2.36. The van der Waals surface area contributed by atoms with Crippen molar-refractivity contribution >= 4 is 17.5 Å². The highest BCUT2D eigenvalue weighted by Crippen LogP contribution is 2.24. The van der Waals surface area contributed by atoms with Crippen molar-refractivity contribution in [3.8, 4) is 0 Å². The van der Waals surface area contributed by atoms with Crippen molar-refractivity contribution < 1.29 is 9.59 Å². The number of nitrogens with zero attached hydrogens (tertiary/aromatic N) is 1. The van der Waals surface area contributed by atoms with E-state index < -0.39 is 0 Å². The normalized spacial score (nSPS) is 13.3. The maximum Gasteiger partial charge on any atom is 0.254 e. The summed E-state index contributed by atoms with van der Waals surface area (Å²) in [7, 11) is 0. The predicted octanol–water partition coefficient (Wildman–Crippen LogP) is 3.23. The molecule has 4 heteroatoms. The van der Waals surface area contributed by atoms with Crippen molar-refractivity contribution in [1.82, 2.24) is 4.90 Å².